The van der Waals surface area contributed by atoms with Crippen molar-refractivity contribution in [1.29, 1.82) is 0 Å². The first-order valence-corrected chi connectivity index (χ1v) is 14.9. The summed E-state index contributed by atoms with van der Waals surface area (Å²) in [6.07, 6.45) is 27.1. The molecule has 0 spiro atoms. The predicted octanol–water partition coefficient (Wildman–Crippen LogP) is 9.26. The van der Waals surface area contributed by atoms with Gasteiger partial charge in [0.15, 0.2) is 0 Å². The van der Waals surface area contributed by atoms with E-state index in [9.17, 15) is 0 Å². The Morgan fingerprint density at radius 3 is 0.970 bits per heavy atom. The van der Waals surface area contributed by atoms with Crippen LogP contribution in [0.2, 0.25) is 0 Å². The maximum Gasteiger partial charge on any atom is 0.0466 e. The van der Waals surface area contributed by atoms with E-state index in [1.54, 1.807) is 0 Å². The third-order valence-electron chi connectivity index (χ3n) is 6.02. The van der Waals surface area contributed by atoms with Crippen molar-refractivity contribution in [3.63, 3.8) is 0 Å². The molecule has 198 valence electrons. The second-order valence-electron chi connectivity index (χ2n) is 9.32. The molecule has 0 saturated heterocycles. The molecule has 0 saturated carbocycles. The molecule has 0 unspecified atom stereocenters. The molecule has 0 aliphatic rings. The molecule has 0 heterocycles. The molecular formula is C29H57ClO3. The first-order chi connectivity index (χ1) is 16.4. The summed E-state index contributed by atoms with van der Waals surface area (Å²) in [6.45, 7) is 9.31. The molecule has 0 bridgehead atoms. The molecule has 33 heavy (non-hydrogen) atoms. The van der Waals surface area contributed by atoms with Crippen molar-refractivity contribution in [3.05, 3.63) is 12.7 Å². The highest BCUT2D eigenvalue weighted by atomic mass is 35.5. The molecule has 0 amide bonds. The largest absolute Gasteiger partial charge is 0.381 e. The number of allylic oxidation sites excluding steroid dienone is 1. The van der Waals surface area contributed by atoms with Gasteiger partial charge in [0.05, 0.1) is 0 Å². The summed E-state index contributed by atoms with van der Waals surface area (Å²) in [4.78, 5) is 0. The van der Waals surface area contributed by atoms with Crippen LogP contribution in [0.1, 0.15) is 128 Å². The van der Waals surface area contributed by atoms with Crippen LogP contribution in [0.5, 0.6) is 0 Å². The summed E-state index contributed by atoms with van der Waals surface area (Å²) >= 11 is 5.67. The fraction of sp³-hybridized carbons (Fsp3) is 0.931. The normalized spacial score (nSPS) is 11.3. The fourth-order valence-electron chi connectivity index (χ4n) is 3.86. The number of hydrogen-bond donors (Lipinski definition) is 0. The Balaban J connectivity index is 2.99. The van der Waals surface area contributed by atoms with Crippen molar-refractivity contribution in [3.8, 4) is 0 Å². The summed E-state index contributed by atoms with van der Waals surface area (Å²) in [5.41, 5.74) is 0. The molecule has 0 radical (unpaired) electrons. The fourth-order valence-corrected chi connectivity index (χ4v) is 4.05. The highest BCUT2D eigenvalue weighted by Gasteiger charge is 1.96. The number of unbranched alkanes of at least 4 members (excludes halogenated alkanes) is 16. The minimum Gasteiger partial charge on any atom is -0.381 e. The van der Waals surface area contributed by atoms with E-state index in [1.165, 1.54) is 122 Å². The van der Waals surface area contributed by atoms with Gasteiger partial charge in [-0.1, -0.05) is 76.7 Å². The lowest BCUT2D eigenvalue weighted by atomic mass is 10.1. The molecule has 0 rings (SSSR count). The summed E-state index contributed by atoms with van der Waals surface area (Å²) < 4.78 is 17.2. The minimum atomic E-state index is 0.790. The summed E-state index contributed by atoms with van der Waals surface area (Å²) in [5, 5.41) is 0. The first-order valence-electron chi connectivity index (χ1n) is 14.3. The topological polar surface area (TPSA) is 27.7 Å². The zero-order valence-corrected chi connectivity index (χ0v) is 22.7. The van der Waals surface area contributed by atoms with Crippen LogP contribution in [0.25, 0.3) is 0 Å². The van der Waals surface area contributed by atoms with E-state index in [0.717, 1.165) is 51.9 Å². The number of rotatable bonds is 30. The number of hydrogen-bond acceptors (Lipinski definition) is 3. The molecule has 0 N–H and O–H groups in total. The van der Waals surface area contributed by atoms with Gasteiger partial charge < -0.3 is 14.2 Å². The Hall–Kier alpha value is -0.0900. The monoisotopic (exact) mass is 488 g/mol. The SMILES string of the molecule is C=CCCCCCCCCCOCCCCCCOCCCCCCOCCCCCCCl. The molecule has 0 aromatic rings. The molecule has 0 atom stereocenters. The first kappa shape index (κ1) is 32.9. The Morgan fingerprint density at radius 2 is 0.667 bits per heavy atom. The van der Waals surface area contributed by atoms with Crippen molar-refractivity contribution < 1.29 is 14.2 Å². The molecule has 0 aromatic carbocycles. The van der Waals surface area contributed by atoms with Crippen LogP contribution in [0.3, 0.4) is 0 Å². The third kappa shape index (κ3) is 31.9. The van der Waals surface area contributed by atoms with Crippen molar-refractivity contribution in [2.24, 2.45) is 0 Å². The number of ether oxygens (including phenoxy) is 3. The van der Waals surface area contributed by atoms with Gasteiger partial charge in [-0.15, -0.1) is 18.2 Å². The van der Waals surface area contributed by atoms with Crippen LogP contribution in [0.4, 0.5) is 0 Å². The molecule has 0 aromatic heterocycles. The smallest absolute Gasteiger partial charge is 0.0466 e. The Bertz CT molecular complexity index is 352. The highest BCUT2D eigenvalue weighted by molar-refractivity contribution is 6.17. The summed E-state index contributed by atoms with van der Waals surface area (Å²) in [5.74, 6) is 0.790. The molecular weight excluding hydrogens is 432 g/mol. The maximum absolute atomic E-state index is 5.77. The molecule has 3 nitrogen and oxygen atoms in total. The van der Waals surface area contributed by atoms with Gasteiger partial charge in [0.25, 0.3) is 0 Å². The molecule has 4 heteroatoms. The highest BCUT2D eigenvalue weighted by Crippen LogP contribution is 2.09. The molecule has 0 fully saturated rings. The van der Waals surface area contributed by atoms with Crippen LogP contribution in [0, 0.1) is 0 Å². The van der Waals surface area contributed by atoms with E-state index >= 15 is 0 Å². The van der Waals surface area contributed by atoms with Gasteiger partial charge in [-0.25, -0.2) is 0 Å². The lowest BCUT2D eigenvalue weighted by molar-refractivity contribution is 0.114. The van der Waals surface area contributed by atoms with E-state index < -0.39 is 0 Å². The minimum absolute atomic E-state index is 0.790. The van der Waals surface area contributed by atoms with E-state index in [2.05, 4.69) is 6.58 Å². The van der Waals surface area contributed by atoms with Crippen molar-refractivity contribution in [2.75, 3.05) is 45.5 Å². The third-order valence-corrected chi connectivity index (χ3v) is 6.29. The van der Waals surface area contributed by atoms with Gasteiger partial charge in [0.1, 0.15) is 0 Å². The van der Waals surface area contributed by atoms with Gasteiger partial charge in [-0.2, -0.15) is 0 Å². The lowest BCUT2D eigenvalue weighted by Gasteiger charge is -2.06. The maximum atomic E-state index is 5.77. The van der Waals surface area contributed by atoms with Crippen LogP contribution < -0.4 is 0 Å². The van der Waals surface area contributed by atoms with E-state index in [-0.39, 0.29) is 0 Å². The van der Waals surface area contributed by atoms with Crippen LogP contribution in [0.15, 0.2) is 12.7 Å². The summed E-state index contributed by atoms with van der Waals surface area (Å²) in [7, 11) is 0. The van der Waals surface area contributed by atoms with Gasteiger partial charge in [0.2, 0.25) is 0 Å². The molecule has 0 aliphatic carbocycles. The van der Waals surface area contributed by atoms with Crippen LogP contribution in [-0.4, -0.2) is 45.5 Å². The van der Waals surface area contributed by atoms with E-state index in [4.69, 9.17) is 25.8 Å². The average Bonchev–Trinajstić information content (AvgIpc) is 2.83. The average molecular weight is 489 g/mol. The van der Waals surface area contributed by atoms with Crippen molar-refractivity contribution >= 4 is 11.6 Å². The second kappa shape index (κ2) is 31.9. The number of alkyl halides is 1. The summed E-state index contributed by atoms with van der Waals surface area (Å²) in [6, 6.07) is 0. The standard InChI is InChI=1S/C29H57ClO3/c1-2-3-4-5-6-7-8-10-17-24-31-26-19-12-14-21-28-33-29-22-15-13-20-27-32-25-18-11-9-16-23-30/h2H,1,3-29H2. The van der Waals surface area contributed by atoms with Gasteiger partial charge in [0, 0.05) is 45.5 Å². The Kier molecular flexibility index (Phi) is 31.8. The van der Waals surface area contributed by atoms with Crippen LogP contribution in [-0.2, 0) is 14.2 Å². The quantitative estimate of drug-likeness (QED) is 0.0572. The van der Waals surface area contributed by atoms with Gasteiger partial charge >= 0.3 is 0 Å². The Labute approximate surface area is 212 Å². The van der Waals surface area contributed by atoms with Gasteiger partial charge in [-0.05, 0) is 57.8 Å². The van der Waals surface area contributed by atoms with E-state index in [1.807, 2.05) is 6.08 Å². The second-order valence-corrected chi connectivity index (χ2v) is 9.70. The Morgan fingerprint density at radius 1 is 0.394 bits per heavy atom. The van der Waals surface area contributed by atoms with E-state index in [0.29, 0.717) is 0 Å². The van der Waals surface area contributed by atoms with Crippen LogP contribution >= 0.6 is 11.6 Å². The zero-order valence-electron chi connectivity index (χ0n) is 22.0. The van der Waals surface area contributed by atoms with Crippen molar-refractivity contribution in [2.45, 2.75) is 128 Å². The predicted molar refractivity (Wildman–Crippen MR) is 146 cm³/mol. The van der Waals surface area contributed by atoms with Crippen molar-refractivity contribution in [1.82, 2.24) is 0 Å². The number of halogens is 1. The lowest BCUT2D eigenvalue weighted by Crippen LogP contribution is -2.00. The molecule has 0 aliphatic heterocycles. The van der Waals surface area contributed by atoms with Gasteiger partial charge in [-0.3, -0.25) is 0 Å². The zero-order chi connectivity index (χ0) is 23.9.